The molecule has 1 aromatic rings. The van der Waals surface area contributed by atoms with Gasteiger partial charge in [-0.2, -0.15) is 0 Å². The van der Waals surface area contributed by atoms with Crippen molar-refractivity contribution in [2.45, 2.75) is 26.8 Å². The number of aromatic nitrogens is 1. The lowest BCUT2D eigenvalue weighted by atomic mass is 10.2. The monoisotopic (exact) mass is 295 g/mol. The van der Waals surface area contributed by atoms with Crippen molar-refractivity contribution < 1.29 is 9.47 Å². The molecule has 0 aliphatic carbocycles. The molecule has 0 fully saturated rings. The van der Waals surface area contributed by atoms with Gasteiger partial charge in [0.1, 0.15) is 5.82 Å². The fourth-order valence-electron chi connectivity index (χ4n) is 2.09. The van der Waals surface area contributed by atoms with E-state index in [2.05, 4.69) is 36.2 Å². The summed E-state index contributed by atoms with van der Waals surface area (Å²) in [5.74, 6) is 1.01. The molecule has 0 aliphatic heterocycles. The van der Waals surface area contributed by atoms with Crippen LogP contribution in [-0.4, -0.2) is 52.1 Å². The molecule has 0 aliphatic rings. The van der Waals surface area contributed by atoms with E-state index in [1.54, 1.807) is 14.2 Å². The lowest BCUT2D eigenvalue weighted by Gasteiger charge is -2.24. The molecule has 1 heterocycles. The average Bonchev–Trinajstić information content (AvgIpc) is 2.52. The van der Waals surface area contributed by atoms with E-state index >= 15 is 0 Å². The maximum absolute atomic E-state index is 5.20. The summed E-state index contributed by atoms with van der Waals surface area (Å²) in [5, 5.41) is 3.37. The predicted octanol–water partition coefficient (Wildman–Crippen LogP) is 1.85. The topological polar surface area (TPSA) is 46.6 Å². The van der Waals surface area contributed by atoms with E-state index in [-0.39, 0.29) is 0 Å². The Morgan fingerprint density at radius 3 is 2.29 bits per heavy atom. The summed E-state index contributed by atoms with van der Waals surface area (Å²) in [5.41, 5.74) is 2.40. The van der Waals surface area contributed by atoms with E-state index in [0.29, 0.717) is 13.2 Å². The van der Waals surface area contributed by atoms with Crippen molar-refractivity contribution >= 4 is 5.82 Å². The molecule has 0 saturated heterocycles. The number of hydrogen-bond donors (Lipinski definition) is 1. The van der Waals surface area contributed by atoms with Crippen LogP contribution in [0.3, 0.4) is 0 Å². The second kappa shape index (κ2) is 10.5. The number of rotatable bonds is 11. The highest BCUT2D eigenvalue weighted by Crippen LogP contribution is 2.16. The molecule has 0 amide bonds. The molecule has 21 heavy (non-hydrogen) atoms. The van der Waals surface area contributed by atoms with Gasteiger partial charge in [0.05, 0.1) is 13.2 Å². The van der Waals surface area contributed by atoms with Crippen LogP contribution in [0.15, 0.2) is 12.1 Å². The molecular formula is C16H29N3O2. The Balaban J connectivity index is 2.91. The van der Waals surface area contributed by atoms with E-state index in [4.69, 9.17) is 14.5 Å². The Labute approximate surface area is 128 Å². The van der Waals surface area contributed by atoms with Gasteiger partial charge in [-0.3, -0.25) is 0 Å². The second-order valence-electron chi connectivity index (χ2n) is 4.93. The maximum Gasteiger partial charge on any atom is 0.129 e. The zero-order chi connectivity index (χ0) is 15.5. The van der Waals surface area contributed by atoms with Crippen molar-refractivity contribution in [2.24, 2.45) is 0 Å². The summed E-state index contributed by atoms with van der Waals surface area (Å²) in [6.07, 6.45) is 0.940. The summed E-state index contributed by atoms with van der Waals surface area (Å²) < 4.78 is 10.4. The van der Waals surface area contributed by atoms with Crippen LogP contribution in [0.4, 0.5) is 5.82 Å². The van der Waals surface area contributed by atoms with Gasteiger partial charge in [0.2, 0.25) is 0 Å². The van der Waals surface area contributed by atoms with Crippen LogP contribution in [-0.2, 0) is 22.4 Å². The minimum absolute atomic E-state index is 0.685. The van der Waals surface area contributed by atoms with Gasteiger partial charge >= 0.3 is 0 Å². The van der Waals surface area contributed by atoms with Crippen LogP contribution < -0.4 is 10.2 Å². The van der Waals surface area contributed by atoms with Gasteiger partial charge in [0.25, 0.3) is 0 Å². The van der Waals surface area contributed by atoms with Crippen LogP contribution in [0, 0.1) is 0 Å². The summed E-state index contributed by atoms with van der Waals surface area (Å²) >= 11 is 0. The quantitative estimate of drug-likeness (QED) is 0.675. The third-order valence-electron chi connectivity index (χ3n) is 3.32. The van der Waals surface area contributed by atoms with Crippen molar-refractivity contribution in [3.8, 4) is 0 Å². The van der Waals surface area contributed by atoms with E-state index in [0.717, 1.165) is 44.1 Å². The van der Waals surface area contributed by atoms with Crippen molar-refractivity contribution in [3.05, 3.63) is 23.4 Å². The molecule has 1 aromatic heterocycles. The van der Waals surface area contributed by atoms with Gasteiger partial charge in [-0.15, -0.1) is 0 Å². The number of methoxy groups -OCH3 is 2. The van der Waals surface area contributed by atoms with E-state index in [1.165, 1.54) is 5.56 Å². The maximum atomic E-state index is 5.20. The number of ether oxygens (including phenoxy) is 2. The van der Waals surface area contributed by atoms with Gasteiger partial charge in [0.15, 0.2) is 0 Å². The van der Waals surface area contributed by atoms with E-state index in [9.17, 15) is 0 Å². The van der Waals surface area contributed by atoms with Crippen LogP contribution in [0.5, 0.6) is 0 Å². The van der Waals surface area contributed by atoms with Gasteiger partial charge in [-0.05, 0) is 30.7 Å². The number of nitrogens with zero attached hydrogens (tertiary/aromatic N) is 2. The molecule has 0 saturated carbocycles. The number of pyridine rings is 1. The Morgan fingerprint density at radius 2 is 1.76 bits per heavy atom. The SMILES string of the molecule is CCNCc1cc(CC)nc(N(CCOC)CCOC)c1. The first-order chi connectivity index (χ1) is 10.2. The predicted molar refractivity (Wildman–Crippen MR) is 87.0 cm³/mol. The standard InChI is InChI=1S/C16H29N3O2/c1-5-15-11-14(13-17-6-2)12-16(18-15)19(7-9-20-3)8-10-21-4/h11-12,17H,5-10,13H2,1-4H3. The smallest absolute Gasteiger partial charge is 0.129 e. The molecule has 0 radical (unpaired) electrons. The van der Waals surface area contributed by atoms with Crippen molar-refractivity contribution in [1.82, 2.24) is 10.3 Å². The fourth-order valence-corrected chi connectivity index (χ4v) is 2.09. The third-order valence-corrected chi connectivity index (χ3v) is 3.32. The molecule has 0 unspecified atom stereocenters. The molecule has 1 N–H and O–H groups in total. The Kier molecular flexibility index (Phi) is 8.98. The highest BCUT2D eigenvalue weighted by Gasteiger charge is 2.10. The van der Waals surface area contributed by atoms with Crippen LogP contribution >= 0.6 is 0 Å². The molecule has 5 heteroatoms. The lowest BCUT2D eigenvalue weighted by Crippen LogP contribution is -2.31. The van der Waals surface area contributed by atoms with Crippen LogP contribution in [0.25, 0.3) is 0 Å². The number of nitrogens with one attached hydrogen (secondary N) is 1. The van der Waals surface area contributed by atoms with Crippen LogP contribution in [0.1, 0.15) is 25.1 Å². The largest absolute Gasteiger partial charge is 0.383 e. The molecule has 1 rings (SSSR count). The fraction of sp³-hybridized carbons (Fsp3) is 0.688. The molecular weight excluding hydrogens is 266 g/mol. The van der Waals surface area contributed by atoms with Crippen molar-refractivity contribution in [1.29, 1.82) is 0 Å². The van der Waals surface area contributed by atoms with Crippen molar-refractivity contribution in [2.75, 3.05) is 52.0 Å². The van der Waals surface area contributed by atoms with Gasteiger partial charge < -0.3 is 19.7 Å². The average molecular weight is 295 g/mol. The molecule has 0 bridgehead atoms. The van der Waals surface area contributed by atoms with Gasteiger partial charge in [0, 0.05) is 39.5 Å². The minimum atomic E-state index is 0.685. The first-order valence-electron chi connectivity index (χ1n) is 7.68. The molecule has 0 aromatic carbocycles. The highest BCUT2D eigenvalue weighted by molar-refractivity contribution is 5.43. The summed E-state index contributed by atoms with van der Waals surface area (Å²) in [6.45, 7) is 9.11. The number of aryl methyl sites for hydroxylation is 1. The molecule has 5 nitrogen and oxygen atoms in total. The third kappa shape index (κ3) is 6.42. The first kappa shape index (κ1) is 17.9. The summed E-state index contributed by atoms with van der Waals surface area (Å²) in [7, 11) is 3.45. The highest BCUT2D eigenvalue weighted by atomic mass is 16.5. The lowest BCUT2D eigenvalue weighted by molar-refractivity contribution is 0.190. The van der Waals surface area contributed by atoms with E-state index < -0.39 is 0 Å². The number of anilines is 1. The Bertz CT molecular complexity index is 391. The number of hydrogen-bond acceptors (Lipinski definition) is 5. The van der Waals surface area contributed by atoms with Crippen molar-refractivity contribution in [3.63, 3.8) is 0 Å². The zero-order valence-electron chi connectivity index (χ0n) is 13.8. The normalized spacial score (nSPS) is 10.9. The summed E-state index contributed by atoms with van der Waals surface area (Å²) in [4.78, 5) is 6.98. The second-order valence-corrected chi connectivity index (χ2v) is 4.93. The molecule has 120 valence electrons. The zero-order valence-corrected chi connectivity index (χ0v) is 13.8. The Hall–Kier alpha value is -1.17. The minimum Gasteiger partial charge on any atom is -0.383 e. The van der Waals surface area contributed by atoms with Gasteiger partial charge in [-0.25, -0.2) is 4.98 Å². The van der Waals surface area contributed by atoms with Crippen LogP contribution in [0.2, 0.25) is 0 Å². The van der Waals surface area contributed by atoms with Gasteiger partial charge in [-0.1, -0.05) is 13.8 Å². The molecule has 0 spiro atoms. The molecule has 0 atom stereocenters. The summed E-state index contributed by atoms with van der Waals surface area (Å²) in [6, 6.07) is 4.34. The van der Waals surface area contributed by atoms with E-state index in [1.807, 2.05) is 0 Å². The first-order valence-corrected chi connectivity index (χ1v) is 7.68. The Morgan fingerprint density at radius 1 is 1.10 bits per heavy atom.